The number of primary amides is 1. The Morgan fingerprint density at radius 1 is 1.38 bits per heavy atom. The molecule has 4 nitrogen and oxygen atoms in total. The molecule has 21 heavy (non-hydrogen) atoms. The van der Waals surface area contributed by atoms with Crippen molar-refractivity contribution in [3.05, 3.63) is 29.3 Å². The molecule has 1 aromatic rings. The van der Waals surface area contributed by atoms with Gasteiger partial charge in [0.15, 0.2) is 0 Å². The van der Waals surface area contributed by atoms with Gasteiger partial charge in [0.05, 0.1) is 16.8 Å². The molecule has 1 fully saturated rings. The molecule has 1 aliphatic rings. The second kappa shape index (κ2) is 5.64. The van der Waals surface area contributed by atoms with Crippen molar-refractivity contribution < 1.29 is 18.0 Å². The molecule has 0 aromatic heterocycles. The zero-order valence-corrected chi connectivity index (χ0v) is 11.2. The van der Waals surface area contributed by atoms with Gasteiger partial charge in [-0.05, 0) is 37.5 Å². The predicted molar refractivity (Wildman–Crippen MR) is 70.3 cm³/mol. The number of anilines is 1. The Hall–Kier alpha value is -2.23. The summed E-state index contributed by atoms with van der Waals surface area (Å²) >= 11 is 0. The van der Waals surface area contributed by atoms with Crippen LogP contribution < -0.4 is 10.6 Å². The lowest BCUT2D eigenvalue weighted by Gasteiger charge is -2.36. The molecule has 1 heterocycles. The van der Waals surface area contributed by atoms with E-state index in [9.17, 15) is 18.0 Å². The van der Waals surface area contributed by atoms with Crippen LogP contribution in [0.1, 0.15) is 30.4 Å². The molecule has 0 aliphatic carbocycles. The molecule has 7 heteroatoms. The van der Waals surface area contributed by atoms with Gasteiger partial charge in [-0.3, -0.25) is 4.79 Å². The van der Waals surface area contributed by atoms with Crippen molar-refractivity contribution in [2.45, 2.75) is 31.5 Å². The highest BCUT2D eigenvalue weighted by atomic mass is 19.4. The van der Waals surface area contributed by atoms with Gasteiger partial charge in [0.2, 0.25) is 5.91 Å². The Balaban J connectivity index is 2.43. The molecule has 0 radical (unpaired) electrons. The first kappa shape index (κ1) is 15.2. The molecule has 2 rings (SSSR count). The maximum absolute atomic E-state index is 12.7. The van der Waals surface area contributed by atoms with Crippen molar-refractivity contribution in [1.82, 2.24) is 0 Å². The molecule has 112 valence electrons. The van der Waals surface area contributed by atoms with E-state index in [1.807, 2.05) is 0 Å². The fourth-order valence-corrected chi connectivity index (χ4v) is 2.57. The number of piperidine rings is 1. The number of halogens is 3. The lowest BCUT2D eigenvalue weighted by atomic mass is 9.98. The minimum atomic E-state index is -4.50. The third kappa shape index (κ3) is 3.10. The van der Waals surface area contributed by atoms with Crippen molar-refractivity contribution in [3.63, 3.8) is 0 Å². The predicted octanol–water partition coefficient (Wildman–Crippen LogP) is 2.42. The Labute approximate surface area is 119 Å². The van der Waals surface area contributed by atoms with Gasteiger partial charge in [-0.25, -0.2) is 0 Å². The fraction of sp³-hybridized carbons (Fsp3) is 0.429. The number of hydrogen-bond acceptors (Lipinski definition) is 3. The Morgan fingerprint density at radius 3 is 2.67 bits per heavy atom. The van der Waals surface area contributed by atoms with E-state index in [-0.39, 0.29) is 5.56 Å². The highest BCUT2D eigenvalue weighted by molar-refractivity contribution is 5.84. The zero-order chi connectivity index (χ0) is 15.6. The molecule has 2 N–H and O–H groups in total. The number of carbonyl (C=O) groups excluding carboxylic acids is 1. The molecule has 1 atom stereocenters. The normalized spacial score (nSPS) is 19.1. The largest absolute Gasteiger partial charge is 0.416 e. The van der Waals surface area contributed by atoms with Gasteiger partial charge in [-0.2, -0.15) is 18.4 Å². The van der Waals surface area contributed by atoms with Crippen molar-refractivity contribution in [2.24, 2.45) is 5.73 Å². The third-order valence-corrected chi connectivity index (χ3v) is 3.58. The van der Waals surface area contributed by atoms with Gasteiger partial charge in [0.25, 0.3) is 0 Å². The summed E-state index contributed by atoms with van der Waals surface area (Å²) in [5.74, 6) is -0.529. The van der Waals surface area contributed by atoms with Crippen LogP contribution in [0.15, 0.2) is 18.2 Å². The van der Waals surface area contributed by atoms with Crippen LogP contribution in [-0.4, -0.2) is 18.5 Å². The number of amides is 1. The van der Waals surface area contributed by atoms with Gasteiger partial charge in [0, 0.05) is 6.54 Å². The standard InChI is InChI=1S/C14H14F3N3O/c15-14(16,17)10-4-5-11(9(7-10)8-18)20-6-2-1-3-12(20)13(19)21/h4-5,7,12H,1-3,6H2,(H2,19,21). The number of nitrogens with zero attached hydrogens (tertiary/aromatic N) is 2. The molecule has 1 amide bonds. The van der Waals surface area contributed by atoms with Crippen LogP contribution in [0.5, 0.6) is 0 Å². The average molecular weight is 297 g/mol. The topological polar surface area (TPSA) is 70.1 Å². The van der Waals surface area contributed by atoms with Crippen LogP contribution in [0.25, 0.3) is 0 Å². The quantitative estimate of drug-likeness (QED) is 0.911. The van der Waals surface area contributed by atoms with Crippen LogP contribution in [0, 0.1) is 11.3 Å². The van der Waals surface area contributed by atoms with Gasteiger partial charge in [-0.15, -0.1) is 0 Å². The maximum atomic E-state index is 12.7. The number of carbonyl (C=O) groups is 1. The summed E-state index contributed by atoms with van der Waals surface area (Å²) in [4.78, 5) is 13.1. The highest BCUT2D eigenvalue weighted by Gasteiger charge is 2.33. The van der Waals surface area contributed by atoms with Crippen LogP contribution in [0.2, 0.25) is 0 Å². The molecular formula is C14H14F3N3O. The SMILES string of the molecule is N#Cc1cc(C(F)(F)F)ccc1N1CCCCC1C(N)=O. The van der Waals surface area contributed by atoms with Crippen molar-refractivity contribution in [3.8, 4) is 6.07 Å². The summed E-state index contributed by atoms with van der Waals surface area (Å²) in [6.45, 7) is 0.494. The van der Waals surface area contributed by atoms with Crippen LogP contribution in [-0.2, 0) is 11.0 Å². The average Bonchev–Trinajstić information content (AvgIpc) is 2.45. The molecule has 1 saturated heterocycles. The molecule has 0 spiro atoms. The van der Waals surface area contributed by atoms with E-state index in [4.69, 9.17) is 11.0 Å². The fourth-order valence-electron chi connectivity index (χ4n) is 2.57. The van der Waals surface area contributed by atoms with Crippen molar-refractivity contribution in [2.75, 3.05) is 11.4 Å². The maximum Gasteiger partial charge on any atom is 0.416 e. The minimum absolute atomic E-state index is 0.0991. The Morgan fingerprint density at radius 2 is 2.10 bits per heavy atom. The summed E-state index contributed by atoms with van der Waals surface area (Å²) in [6, 6.07) is 4.16. The van der Waals surface area contributed by atoms with Crippen LogP contribution in [0.4, 0.5) is 18.9 Å². The smallest absolute Gasteiger partial charge is 0.368 e. The number of rotatable bonds is 2. The van der Waals surface area contributed by atoms with Gasteiger partial charge in [-0.1, -0.05) is 0 Å². The second-order valence-corrected chi connectivity index (χ2v) is 4.95. The van der Waals surface area contributed by atoms with E-state index >= 15 is 0 Å². The molecule has 0 saturated carbocycles. The highest BCUT2D eigenvalue weighted by Crippen LogP contribution is 2.34. The summed E-state index contributed by atoms with van der Waals surface area (Å²) < 4.78 is 38.1. The zero-order valence-electron chi connectivity index (χ0n) is 11.2. The second-order valence-electron chi connectivity index (χ2n) is 4.95. The molecule has 1 unspecified atom stereocenters. The van der Waals surface area contributed by atoms with Crippen molar-refractivity contribution >= 4 is 11.6 Å². The van der Waals surface area contributed by atoms with Gasteiger partial charge >= 0.3 is 6.18 Å². The summed E-state index contributed by atoms with van der Waals surface area (Å²) in [7, 11) is 0. The van der Waals surface area contributed by atoms with E-state index in [0.29, 0.717) is 18.7 Å². The lowest BCUT2D eigenvalue weighted by Crippen LogP contribution is -2.48. The van der Waals surface area contributed by atoms with E-state index in [0.717, 1.165) is 25.0 Å². The van der Waals surface area contributed by atoms with Crippen molar-refractivity contribution in [1.29, 1.82) is 5.26 Å². The summed E-state index contributed by atoms with van der Waals surface area (Å²) in [5, 5.41) is 9.10. The van der Waals surface area contributed by atoms with Crippen LogP contribution >= 0.6 is 0 Å². The van der Waals surface area contributed by atoms with Gasteiger partial charge in [0.1, 0.15) is 12.1 Å². The third-order valence-electron chi connectivity index (χ3n) is 3.58. The number of alkyl halides is 3. The molecule has 1 aromatic carbocycles. The number of benzene rings is 1. The summed E-state index contributed by atoms with van der Waals surface area (Å²) in [5.41, 5.74) is 4.69. The van der Waals surface area contributed by atoms with E-state index < -0.39 is 23.7 Å². The first-order valence-electron chi connectivity index (χ1n) is 6.52. The monoisotopic (exact) mass is 297 g/mol. The number of nitriles is 1. The Bertz CT molecular complexity index is 592. The van der Waals surface area contributed by atoms with E-state index in [1.165, 1.54) is 6.07 Å². The van der Waals surface area contributed by atoms with Gasteiger partial charge < -0.3 is 10.6 Å². The molecule has 0 bridgehead atoms. The first-order chi connectivity index (χ1) is 9.84. The molecular weight excluding hydrogens is 283 g/mol. The number of nitrogens with two attached hydrogens (primary N) is 1. The lowest BCUT2D eigenvalue weighted by molar-refractivity contribution is -0.137. The van der Waals surface area contributed by atoms with Crippen LogP contribution in [0.3, 0.4) is 0 Å². The van der Waals surface area contributed by atoms with E-state index in [2.05, 4.69) is 0 Å². The molecule has 1 aliphatic heterocycles. The number of hydrogen-bond donors (Lipinski definition) is 1. The first-order valence-corrected chi connectivity index (χ1v) is 6.52. The van der Waals surface area contributed by atoms with E-state index in [1.54, 1.807) is 11.0 Å². The minimum Gasteiger partial charge on any atom is -0.368 e. The Kier molecular flexibility index (Phi) is 4.07. The summed E-state index contributed by atoms with van der Waals surface area (Å²) in [6.07, 6.45) is -2.33.